The predicted octanol–water partition coefficient (Wildman–Crippen LogP) is 3.03. The van der Waals surface area contributed by atoms with Gasteiger partial charge in [-0.3, -0.25) is 9.59 Å². The lowest BCUT2D eigenvalue weighted by molar-refractivity contribution is -0.274. The molecule has 7 nitrogen and oxygen atoms in total. The quantitative estimate of drug-likeness (QED) is 0.641. The molecular formula is C19H15F3N4O3. The lowest BCUT2D eigenvalue weighted by Gasteiger charge is -2.11. The summed E-state index contributed by atoms with van der Waals surface area (Å²) in [6.45, 7) is 0.0819. The van der Waals surface area contributed by atoms with E-state index in [1.165, 1.54) is 12.1 Å². The van der Waals surface area contributed by atoms with E-state index in [1.807, 2.05) is 6.07 Å². The second-order valence-electron chi connectivity index (χ2n) is 5.83. The Morgan fingerprint density at radius 1 is 1.03 bits per heavy atom. The highest BCUT2D eigenvalue weighted by molar-refractivity contribution is 6.39. The van der Waals surface area contributed by atoms with Gasteiger partial charge in [-0.15, -0.1) is 13.2 Å². The first-order valence-electron chi connectivity index (χ1n) is 8.34. The van der Waals surface area contributed by atoms with E-state index in [0.717, 1.165) is 23.4 Å². The third-order valence-electron chi connectivity index (χ3n) is 3.66. The van der Waals surface area contributed by atoms with Crippen molar-refractivity contribution in [3.63, 3.8) is 0 Å². The zero-order valence-electron chi connectivity index (χ0n) is 14.8. The molecule has 2 N–H and O–H groups in total. The van der Waals surface area contributed by atoms with Crippen LogP contribution in [0.4, 0.5) is 18.9 Å². The molecule has 1 heterocycles. The summed E-state index contributed by atoms with van der Waals surface area (Å²) in [4.78, 5) is 24.0. The third-order valence-corrected chi connectivity index (χ3v) is 3.66. The van der Waals surface area contributed by atoms with Crippen LogP contribution >= 0.6 is 0 Å². The highest BCUT2D eigenvalue weighted by atomic mass is 19.4. The summed E-state index contributed by atoms with van der Waals surface area (Å²) in [5.74, 6) is -2.46. The Labute approximate surface area is 163 Å². The van der Waals surface area contributed by atoms with Crippen molar-refractivity contribution in [2.24, 2.45) is 0 Å². The van der Waals surface area contributed by atoms with E-state index in [-0.39, 0.29) is 12.2 Å². The molecular weight excluding hydrogens is 389 g/mol. The standard InChI is InChI=1S/C19H15F3N4O3/c20-19(21,22)29-16-7-2-5-14(11-16)25-18(28)17(27)23-12-13-4-1-6-15(10-13)26-9-3-8-24-26/h1-11H,12H2,(H,23,27)(H,25,28). The number of hydrogen-bond donors (Lipinski definition) is 2. The number of halogens is 3. The maximum Gasteiger partial charge on any atom is 0.573 e. The minimum atomic E-state index is -4.86. The van der Waals surface area contributed by atoms with Crippen molar-refractivity contribution < 1.29 is 27.5 Å². The number of benzene rings is 2. The molecule has 0 spiro atoms. The highest BCUT2D eigenvalue weighted by Crippen LogP contribution is 2.25. The Kier molecular flexibility index (Phi) is 5.82. The number of nitrogens with one attached hydrogen (secondary N) is 2. The van der Waals surface area contributed by atoms with E-state index in [9.17, 15) is 22.8 Å². The van der Waals surface area contributed by atoms with Crippen LogP contribution in [0, 0.1) is 0 Å². The van der Waals surface area contributed by atoms with Gasteiger partial charge in [0.05, 0.1) is 5.69 Å². The number of hydrogen-bond acceptors (Lipinski definition) is 4. The molecule has 29 heavy (non-hydrogen) atoms. The fourth-order valence-electron chi connectivity index (χ4n) is 2.45. The molecule has 0 saturated carbocycles. The SMILES string of the molecule is O=C(NCc1cccc(-n2cccn2)c1)C(=O)Nc1cccc(OC(F)(F)F)c1. The average Bonchev–Trinajstić information content (AvgIpc) is 3.20. The van der Waals surface area contributed by atoms with E-state index in [4.69, 9.17) is 0 Å². The molecule has 0 unspecified atom stereocenters. The second kappa shape index (κ2) is 8.46. The van der Waals surface area contributed by atoms with Gasteiger partial charge in [0.25, 0.3) is 0 Å². The molecule has 0 aliphatic carbocycles. The minimum Gasteiger partial charge on any atom is -0.406 e. The Balaban J connectivity index is 1.57. The summed E-state index contributed by atoms with van der Waals surface area (Å²) in [6.07, 6.45) is -1.46. The van der Waals surface area contributed by atoms with Crippen LogP contribution in [0.15, 0.2) is 67.0 Å². The number of amides is 2. The number of anilines is 1. The molecule has 2 aromatic carbocycles. The summed E-state index contributed by atoms with van der Waals surface area (Å²) in [5.41, 5.74) is 1.51. The number of rotatable bonds is 5. The zero-order valence-corrected chi connectivity index (χ0v) is 14.8. The molecule has 3 rings (SSSR count). The van der Waals surface area contributed by atoms with Crippen molar-refractivity contribution in [3.05, 3.63) is 72.6 Å². The molecule has 10 heteroatoms. The maximum atomic E-state index is 12.3. The van der Waals surface area contributed by atoms with Gasteiger partial charge in [-0.2, -0.15) is 5.10 Å². The second-order valence-corrected chi connectivity index (χ2v) is 5.83. The zero-order chi connectivity index (χ0) is 20.9. The van der Waals surface area contributed by atoms with Crippen LogP contribution in [0.2, 0.25) is 0 Å². The molecule has 0 radical (unpaired) electrons. The maximum absolute atomic E-state index is 12.3. The first-order chi connectivity index (χ1) is 13.8. The van der Waals surface area contributed by atoms with Gasteiger partial charge in [0.1, 0.15) is 5.75 Å². The molecule has 0 fully saturated rings. The van der Waals surface area contributed by atoms with Crippen LogP contribution in [0.5, 0.6) is 5.75 Å². The Morgan fingerprint density at radius 2 is 1.83 bits per heavy atom. The smallest absolute Gasteiger partial charge is 0.406 e. The van der Waals surface area contributed by atoms with Crippen LogP contribution in [-0.4, -0.2) is 28.0 Å². The summed E-state index contributed by atoms with van der Waals surface area (Å²) in [5, 5.41) is 8.79. The van der Waals surface area contributed by atoms with Gasteiger partial charge in [-0.05, 0) is 35.9 Å². The average molecular weight is 404 g/mol. The summed E-state index contributed by atoms with van der Waals surface area (Å²) >= 11 is 0. The van der Waals surface area contributed by atoms with Gasteiger partial charge in [0, 0.05) is 30.7 Å². The number of carbonyl (C=O) groups is 2. The number of aromatic nitrogens is 2. The summed E-state index contributed by atoms with van der Waals surface area (Å²) < 4.78 is 42.2. The molecule has 0 saturated heterocycles. The Morgan fingerprint density at radius 3 is 2.55 bits per heavy atom. The van der Waals surface area contributed by atoms with E-state index in [0.29, 0.717) is 0 Å². The van der Waals surface area contributed by atoms with Crippen LogP contribution in [0.25, 0.3) is 5.69 Å². The first-order valence-corrected chi connectivity index (χ1v) is 8.34. The van der Waals surface area contributed by atoms with Crippen molar-refractivity contribution in [3.8, 4) is 11.4 Å². The van der Waals surface area contributed by atoms with Crippen LogP contribution < -0.4 is 15.4 Å². The molecule has 0 bridgehead atoms. The van der Waals surface area contributed by atoms with Gasteiger partial charge in [0.15, 0.2) is 0 Å². The molecule has 150 valence electrons. The molecule has 0 atom stereocenters. The third kappa shape index (κ3) is 5.83. The highest BCUT2D eigenvalue weighted by Gasteiger charge is 2.31. The molecule has 0 aliphatic heterocycles. The van der Waals surface area contributed by atoms with Gasteiger partial charge in [-0.1, -0.05) is 18.2 Å². The molecule has 2 amide bonds. The van der Waals surface area contributed by atoms with Gasteiger partial charge in [-0.25, -0.2) is 4.68 Å². The summed E-state index contributed by atoms with van der Waals surface area (Å²) in [7, 11) is 0. The van der Waals surface area contributed by atoms with Gasteiger partial charge in [0.2, 0.25) is 0 Å². The van der Waals surface area contributed by atoms with Crippen LogP contribution in [-0.2, 0) is 16.1 Å². The van der Waals surface area contributed by atoms with Crippen molar-refractivity contribution in [1.29, 1.82) is 0 Å². The fraction of sp³-hybridized carbons (Fsp3) is 0.105. The first kappa shape index (κ1) is 19.9. The Hall–Kier alpha value is -3.82. The lowest BCUT2D eigenvalue weighted by Crippen LogP contribution is -2.35. The summed E-state index contributed by atoms with van der Waals surface area (Å²) in [6, 6.07) is 13.6. The van der Waals surface area contributed by atoms with Crippen molar-refractivity contribution in [2.75, 3.05) is 5.32 Å². The van der Waals surface area contributed by atoms with Crippen LogP contribution in [0.3, 0.4) is 0 Å². The topological polar surface area (TPSA) is 85.2 Å². The van der Waals surface area contributed by atoms with E-state index < -0.39 is 23.9 Å². The monoisotopic (exact) mass is 404 g/mol. The van der Waals surface area contributed by atoms with Crippen molar-refractivity contribution in [1.82, 2.24) is 15.1 Å². The Bertz CT molecular complexity index is 1000. The largest absolute Gasteiger partial charge is 0.573 e. The lowest BCUT2D eigenvalue weighted by atomic mass is 10.2. The van der Waals surface area contributed by atoms with Gasteiger partial charge >= 0.3 is 18.2 Å². The number of nitrogens with zero attached hydrogens (tertiary/aromatic N) is 2. The predicted molar refractivity (Wildman–Crippen MR) is 97.2 cm³/mol. The normalized spacial score (nSPS) is 11.0. The minimum absolute atomic E-state index is 0.00687. The molecule has 3 aromatic rings. The van der Waals surface area contributed by atoms with Crippen LogP contribution in [0.1, 0.15) is 5.56 Å². The van der Waals surface area contributed by atoms with Crippen molar-refractivity contribution >= 4 is 17.5 Å². The number of carbonyl (C=O) groups excluding carboxylic acids is 2. The number of alkyl halides is 3. The molecule has 1 aromatic heterocycles. The fourth-order valence-corrected chi connectivity index (χ4v) is 2.45. The van der Waals surface area contributed by atoms with Gasteiger partial charge < -0.3 is 15.4 Å². The van der Waals surface area contributed by atoms with E-state index in [1.54, 1.807) is 41.3 Å². The van der Waals surface area contributed by atoms with E-state index in [2.05, 4.69) is 20.5 Å². The molecule has 0 aliphatic rings. The van der Waals surface area contributed by atoms with Crippen molar-refractivity contribution in [2.45, 2.75) is 12.9 Å². The number of ether oxygens (including phenoxy) is 1. The van der Waals surface area contributed by atoms with E-state index >= 15 is 0 Å².